The number of nitrogens with one attached hydrogen (secondary N) is 1. The van der Waals surface area contributed by atoms with E-state index in [0.29, 0.717) is 3.70 Å². The van der Waals surface area contributed by atoms with Crippen LogP contribution in [0.3, 0.4) is 0 Å². The molecule has 1 fully saturated rings. The molecule has 1 aliphatic heterocycles. The van der Waals surface area contributed by atoms with Crippen LogP contribution in [0.25, 0.3) is 0 Å². The van der Waals surface area contributed by atoms with Crippen molar-refractivity contribution < 1.29 is 14.9 Å². The van der Waals surface area contributed by atoms with Crippen molar-refractivity contribution in [3.8, 4) is 0 Å². The summed E-state index contributed by atoms with van der Waals surface area (Å²) in [6.45, 7) is -0.313. The lowest BCUT2D eigenvalue weighted by Crippen LogP contribution is -2.34. The molecule has 0 unspecified atom stereocenters. The summed E-state index contributed by atoms with van der Waals surface area (Å²) in [6, 6.07) is 1.27. The van der Waals surface area contributed by atoms with E-state index in [4.69, 9.17) is 9.84 Å². The lowest BCUT2D eigenvalue weighted by Gasteiger charge is -2.15. The highest BCUT2D eigenvalue weighted by Crippen LogP contribution is 2.28. The SMILES string of the molecule is O=c1cc([131I])n([C@H]2C[C@H](O)[C@@H](CO)O2)c(=O)[nH]1. The van der Waals surface area contributed by atoms with Gasteiger partial charge in [-0.1, -0.05) is 0 Å². The summed E-state index contributed by atoms with van der Waals surface area (Å²) < 4.78 is 7.02. The zero-order valence-electron chi connectivity index (χ0n) is 8.67. The average molecular weight is 358 g/mol. The van der Waals surface area contributed by atoms with E-state index < -0.39 is 29.7 Å². The summed E-state index contributed by atoms with van der Waals surface area (Å²) in [7, 11) is 0. The van der Waals surface area contributed by atoms with Gasteiger partial charge in [-0.3, -0.25) is 14.3 Å². The van der Waals surface area contributed by atoms with Crippen molar-refractivity contribution in [2.75, 3.05) is 6.61 Å². The molecule has 8 heteroatoms. The Morgan fingerprint density at radius 3 is 2.82 bits per heavy atom. The van der Waals surface area contributed by atoms with Crippen molar-refractivity contribution in [2.45, 2.75) is 24.9 Å². The van der Waals surface area contributed by atoms with Crippen LogP contribution in [0.4, 0.5) is 0 Å². The number of rotatable bonds is 2. The zero-order valence-corrected chi connectivity index (χ0v) is 10.8. The molecule has 1 aromatic heterocycles. The minimum Gasteiger partial charge on any atom is -0.394 e. The molecular formula is C9H11IN2O5. The first kappa shape index (κ1) is 12.7. The van der Waals surface area contributed by atoms with Gasteiger partial charge in [-0.25, -0.2) is 4.79 Å². The maximum atomic E-state index is 11.6. The molecule has 0 saturated carbocycles. The predicted octanol–water partition coefficient (Wildman–Crippen LogP) is -1.22. The summed E-state index contributed by atoms with van der Waals surface area (Å²) in [6.07, 6.45) is -1.99. The second-order valence-corrected chi connectivity index (χ2v) is 4.85. The molecule has 3 atom stereocenters. The number of aliphatic hydroxyl groups is 2. The molecule has 0 spiro atoms. The van der Waals surface area contributed by atoms with Crippen LogP contribution in [0.1, 0.15) is 12.6 Å². The highest BCUT2D eigenvalue weighted by molar-refractivity contribution is 14.1. The van der Waals surface area contributed by atoms with Crippen molar-refractivity contribution in [1.29, 1.82) is 0 Å². The summed E-state index contributed by atoms with van der Waals surface area (Å²) in [5, 5.41) is 18.5. The summed E-state index contributed by atoms with van der Waals surface area (Å²) in [5.41, 5.74) is -1.06. The number of halogens is 1. The molecule has 17 heavy (non-hydrogen) atoms. The van der Waals surface area contributed by atoms with E-state index in [1.807, 2.05) is 22.6 Å². The second kappa shape index (κ2) is 4.88. The van der Waals surface area contributed by atoms with Gasteiger partial charge >= 0.3 is 5.69 Å². The van der Waals surface area contributed by atoms with E-state index in [-0.39, 0.29) is 13.0 Å². The zero-order chi connectivity index (χ0) is 12.6. The van der Waals surface area contributed by atoms with E-state index in [1.165, 1.54) is 10.6 Å². The lowest BCUT2D eigenvalue weighted by molar-refractivity contribution is -0.0467. The number of aromatic nitrogens is 2. The Bertz CT molecular complexity index is 525. The van der Waals surface area contributed by atoms with Crippen LogP contribution in [0.2, 0.25) is 0 Å². The fourth-order valence-corrected chi connectivity index (χ4v) is 2.59. The van der Waals surface area contributed by atoms with Gasteiger partial charge in [0, 0.05) is 12.5 Å². The van der Waals surface area contributed by atoms with Gasteiger partial charge in [0.15, 0.2) is 0 Å². The Morgan fingerprint density at radius 2 is 2.29 bits per heavy atom. The quantitative estimate of drug-likeness (QED) is 0.454. The fraction of sp³-hybridized carbons (Fsp3) is 0.556. The maximum absolute atomic E-state index is 11.6. The molecule has 0 bridgehead atoms. The molecule has 0 aromatic carbocycles. The highest BCUT2D eigenvalue weighted by Gasteiger charge is 2.35. The Balaban J connectivity index is 2.37. The van der Waals surface area contributed by atoms with Crippen molar-refractivity contribution >= 4 is 22.6 Å². The first-order valence-corrected chi connectivity index (χ1v) is 6.06. The van der Waals surface area contributed by atoms with Crippen LogP contribution in [-0.4, -0.2) is 38.6 Å². The summed E-state index contributed by atoms with van der Waals surface area (Å²) >= 11 is 1.85. The predicted molar refractivity (Wildman–Crippen MR) is 65.7 cm³/mol. The standard InChI is InChI=1S/C9H11IN2O5/c10-6-2-7(15)11-9(16)12(6)8-1-4(14)5(3-13)17-8/h2,4-5,8,13-14H,1,3H2,(H,11,15,16)/t4-,5+,8+/m0/s1/i10+4. The Labute approximate surface area is 109 Å². The number of hydrogen-bond acceptors (Lipinski definition) is 5. The van der Waals surface area contributed by atoms with Crippen LogP contribution in [-0.2, 0) is 4.74 Å². The van der Waals surface area contributed by atoms with Gasteiger partial charge in [-0.15, -0.1) is 0 Å². The number of H-pyrrole nitrogens is 1. The summed E-state index contributed by atoms with van der Waals surface area (Å²) in [5.74, 6) is 0. The van der Waals surface area contributed by atoms with E-state index >= 15 is 0 Å². The van der Waals surface area contributed by atoms with Crippen molar-refractivity contribution in [3.05, 3.63) is 30.6 Å². The molecule has 1 aliphatic rings. The molecule has 94 valence electrons. The average Bonchev–Trinajstić information content (AvgIpc) is 2.57. The van der Waals surface area contributed by atoms with Crippen molar-refractivity contribution in [2.24, 2.45) is 0 Å². The van der Waals surface area contributed by atoms with E-state index in [1.54, 1.807) is 0 Å². The van der Waals surface area contributed by atoms with Gasteiger partial charge in [0.05, 0.1) is 16.4 Å². The third kappa shape index (κ3) is 2.44. The van der Waals surface area contributed by atoms with Gasteiger partial charge < -0.3 is 14.9 Å². The largest absolute Gasteiger partial charge is 0.394 e. The molecule has 3 N–H and O–H groups in total. The Hall–Kier alpha value is -0.710. The normalized spacial score (nSPS) is 28.5. The first-order chi connectivity index (χ1) is 8.02. The first-order valence-electron chi connectivity index (χ1n) is 4.98. The third-order valence-corrected chi connectivity index (χ3v) is 3.43. The van der Waals surface area contributed by atoms with Crippen LogP contribution in [0, 0.1) is 3.70 Å². The molecule has 2 rings (SSSR count). The van der Waals surface area contributed by atoms with Gasteiger partial charge in [0.2, 0.25) is 0 Å². The molecule has 2 heterocycles. The molecule has 1 saturated heterocycles. The van der Waals surface area contributed by atoms with E-state index in [0.717, 1.165) is 0 Å². The monoisotopic (exact) mass is 358 g/mol. The van der Waals surface area contributed by atoms with Gasteiger partial charge in [-0.05, 0) is 22.6 Å². The molecular weight excluding hydrogens is 347 g/mol. The van der Waals surface area contributed by atoms with Crippen LogP contribution < -0.4 is 11.2 Å². The van der Waals surface area contributed by atoms with Gasteiger partial charge in [0.25, 0.3) is 5.56 Å². The second-order valence-electron chi connectivity index (χ2n) is 3.75. The molecule has 1 aromatic rings. The molecule has 7 nitrogen and oxygen atoms in total. The highest BCUT2D eigenvalue weighted by atomic mass is 131. The lowest BCUT2D eigenvalue weighted by atomic mass is 10.2. The third-order valence-electron chi connectivity index (χ3n) is 2.60. The van der Waals surface area contributed by atoms with Crippen molar-refractivity contribution in [1.82, 2.24) is 9.55 Å². The Morgan fingerprint density at radius 1 is 1.59 bits per heavy atom. The van der Waals surface area contributed by atoms with Crippen LogP contribution in [0.5, 0.6) is 0 Å². The minimum absolute atomic E-state index is 0.202. The summed E-state index contributed by atoms with van der Waals surface area (Å²) in [4.78, 5) is 24.8. The maximum Gasteiger partial charge on any atom is 0.331 e. The molecule has 0 aliphatic carbocycles. The fourth-order valence-electron chi connectivity index (χ4n) is 1.78. The van der Waals surface area contributed by atoms with Gasteiger partial charge in [-0.2, -0.15) is 0 Å². The van der Waals surface area contributed by atoms with E-state index in [9.17, 15) is 14.7 Å². The van der Waals surface area contributed by atoms with Crippen LogP contribution >= 0.6 is 22.6 Å². The van der Waals surface area contributed by atoms with E-state index in [2.05, 4.69) is 4.98 Å². The molecule has 0 amide bonds. The van der Waals surface area contributed by atoms with Gasteiger partial charge in [0.1, 0.15) is 12.3 Å². The molecule has 0 radical (unpaired) electrons. The number of aliphatic hydroxyl groups excluding tert-OH is 2. The number of aromatic amines is 1. The van der Waals surface area contributed by atoms with Crippen molar-refractivity contribution in [3.63, 3.8) is 0 Å². The Kier molecular flexibility index (Phi) is 3.66. The number of ether oxygens (including phenoxy) is 1. The minimum atomic E-state index is -0.820. The topological polar surface area (TPSA) is 105 Å². The number of nitrogens with zero attached hydrogens (tertiary/aromatic N) is 1. The smallest absolute Gasteiger partial charge is 0.331 e. The number of hydrogen-bond donors (Lipinski definition) is 3. The van der Waals surface area contributed by atoms with Crippen LogP contribution in [0.15, 0.2) is 15.7 Å².